The number of halogens is 1. The molecule has 1 aromatic heterocycles. The van der Waals surface area contributed by atoms with E-state index in [1.54, 1.807) is 18.3 Å². The smallest absolute Gasteiger partial charge is 0.101 e. The van der Waals surface area contributed by atoms with Gasteiger partial charge >= 0.3 is 0 Å². The van der Waals surface area contributed by atoms with Gasteiger partial charge < -0.3 is 5.11 Å². The Hall–Kier alpha value is -1.38. The molecule has 2 nitrogen and oxygen atoms in total. The van der Waals surface area contributed by atoms with Crippen LogP contribution in [0.2, 0.25) is 5.02 Å². The number of aliphatic hydroxyl groups is 1. The number of hydrogen-bond acceptors (Lipinski definition) is 2. The van der Waals surface area contributed by atoms with Gasteiger partial charge in [0.2, 0.25) is 0 Å². The molecule has 0 fully saturated rings. The molecule has 1 atom stereocenters. The first-order chi connectivity index (χ1) is 8.18. The molecule has 88 valence electrons. The molecule has 0 aliphatic carbocycles. The normalized spacial score (nSPS) is 12.4. The second-order valence-corrected chi connectivity index (χ2v) is 4.42. The van der Waals surface area contributed by atoms with Gasteiger partial charge in [-0.1, -0.05) is 35.9 Å². The maximum Gasteiger partial charge on any atom is 0.101 e. The lowest BCUT2D eigenvalue weighted by atomic mass is 10.0. The molecule has 2 rings (SSSR count). The van der Waals surface area contributed by atoms with Crippen molar-refractivity contribution in [1.82, 2.24) is 4.98 Å². The molecule has 0 amide bonds. The fraction of sp³-hybridized carbons (Fsp3) is 0.214. The zero-order valence-corrected chi connectivity index (χ0v) is 10.4. The minimum absolute atomic E-state index is 0.508. The van der Waals surface area contributed by atoms with Crippen LogP contribution >= 0.6 is 11.6 Å². The summed E-state index contributed by atoms with van der Waals surface area (Å²) in [5.74, 6) is 0. The van der Waals surface area contributed by atoms with Crippen LogP contribution in [0.1, 0.15) is 22.9 Å². The Morgan fingerprint density at radius 2 is 2.00 bits per heavy atom. The minimum Gasteiger partial charge on any atom is -0.386 e. The third-order valence-electron chi connectivity index (χ3n) is 2.78. The zero-order chi connectivity index (χ0) is 12.3. The topological polar surface area (TPSA) is 33.1 Å². The summed E-state index contributed by atoms with van der Waals surface area (Å²) in [5, 5.41) is 10.6. The van der Waals surface area contributed by atoms with Crippen LogP contribution in [0.15, 0.2) is 42.6 Å². The number of rotatable bonds is 3. The molecule has 3 heteroatoms. The van der Waals surface area contributed by atoms with Gasteiger partial charge in [0, 0.05) is 12.6 Å². The number of benzene rings is 1. The van der Waals surface area contributed by atoms with Crippen LogP contribution in [0, 0.1) is 6.92 Å². The summed E-state index contributed by atoms with van der Waals surface area (Å²) < 4.78 is 0. The van der Waals surface area contributed by atoms with Gasteiger partial charge in [0.15, 0.2) is 0 Å². The summed E-state index contributed by atoms with van der Waals surface area (Å²) in [6.07, 6.45) is 1.51. The predicted molar refractivity (Wildman–Crippen MR) is 69.1 cm³/mol. The van der Waals surface area contributed by atoms with E-state index in [2.05, 4.69) is 4.98 Å². The molecule has 0 saturated carbocycles. The molecule has 1 heterocycles. The van der Waals surface area contributed by atoms with Gasteiger partial charge in [-0.25, -0.2) is 0 Å². The molecule has 1 unspecified atom stereocenters. The van der Waals surface area contributed by atoms with Crippen LogP contribution in [0.4, 0.5) is 0 Å². The van der Waals surface area contributed by atoms with Crippen molar-refractivity contribution in [2.24, 2.45) is 0 Å². The van der Waals surface area contributed by atoms with E-state index in [-0.39, 0.29) is 0 Å². The fourth-order valence-corrected chi connectivity index (χ4v) is 2.03. The molecule has 0 aliphatic heterocycles. The van der Waals surface area contributed by atoms with Crippen LogP contribution in [-0.2, 0) is 6.42 Å². The van der Waals surface area contributed by atoms with Gasteiger partial charge in [0.25, 0.3) is 0 Å². The van der Waals surface area contributed by atoms with Crippen molar-refractivity contribution < 1.29 is 5.11 Å². The summed E-state index contributed by atoms with van der Waals surface area (Å²) in [6.45, 7) is 2.03. The van der Waals surface area contributed by atoms with Crippen molar-refractivity contribution in [1.29, 1.82) is 0 Å². The Kier molecular flexibility index (Phi) is 3.77. The van der Waals surface area contributed by atoms with Crippen LogP contribution in [-0.4, -0.2) is 10.1 Å². The largest absolute Gasteiger partial charge is 0.386 e. The minimum atomic E-state index is -0.662. The van der Waals surface area contributed by atoms with E-state index in [0.717, 1.165) is 5.56 Å². The Balaban J connectivity index is 2.20. The number of pyridine rings is 1. The Bertz CT molecular complexity index is 513. The highest BCUT2D eigenvalue weighted by molar-refractivity contribution is 6.31. The molecular formula is C14H14ClNO. The molecule has 2 aromatic rings. The van der Waals surface area contributed by atoms with Gasteiger partial charge in [0.05, 0.1) is 10.7 Å². The first-order valence-electron chi connectivity index (χ1n) is 5.51. The first kappa shape index (κ1) is 12.1. The van der Waals surface area contributed by atoms with Gasteiger partial charge in [-0.2, -0.15) is 0 Å². The average molecular weight is 248 g/mol. The lowest BCUT2D eigenvalue weighted by Crippen LogP contribution is -2.05. The Morgan fingerprint density at radius 3 is 2.71 bits per heavy atom. The highest BCUT2D eigenvalue weighted by atomic mass is 35.5. The third kappa shape index (κ3) is 2.84. The van der Waals surface area contributed by atoms with Crippen molar-refractivity contribution in [3.8, 4) is 0 Å². The summed E-state index contributed by atoms with van der Waals surface area (Å²) >= 11 is 6.00. The molecular weight excluding hydrogens is 234 g/mol. The van der Waals surface area contributed by atoms with Crippen LogP contribution < -0.4 is 0 Å². The summed E-state index contributed by atoms with van der Waals surface area (Å²) in [4.78, 5) is 4.12. The van der Waals surface area contributed by atoms with Crippen molar-refractivity contribution in [2.75, 3.05) is 0 Å². The van der Waals surface area contributed by atoms with E-state index in [4.69, 9.17) is 11.6 Å². The monoisotopic (exact) mass is 247 g/mol. The maximum atomic E-state index is 10.1. The molecule has 0 saturated heterocycles. The number of hydrogen-bond donors (Lipinski definition) is 1. The van der Waals surface area contributed by atoms with Gasteiger partial charge in [-0.05, 0) is 30.2 Å². The van der Waals surface area contributed by atoms with Crippen molar-refractivity contribution in [3.63, 3.8) is 0 Å². The van der Waals surface area contributed by atoms with Crippen molar-refractivity contribution >= 4 is 11.6 Å². The van der Waals surface area contributed by atoms with Gasteiger partial charge in [0.1, 0.15) is 6.10 Å². The maximum absolute atomic E-state index is 10.1. The fourth-order valence-electron chi connectivity index (χ4n) is 1.79. The van der Waals surface area contributed by atoms with Gasteiger partial charge in [-0.3, -0.25) is 4.98 Å². The highest BCUT2D eigenvalue weighted by Gasteiger charge is 2.14. The lowest BCUT2D eigenvalue weighted by molar-refractivity contribution is 0.173. The van der Waals surface area contributed by atoms with E-state index in [1.165, 1.54) is 5.56 Å². The standard InChI is InChI=1S/C14H14ClNO/c1-10-5-2-3-6-11(10)9-13(17)14-12(15)7-4-8-16-14/h2-8,13,17H,9H2,1H3. The number of aryl methyl sites for hydroxylation is 1. The first-order valence-corrected chi connectivity index (χ1v) is 5.89. The molecule has 1 N–H and O–H groups in total. The van der Waals surface area contributed by atoms with E-state index < -0.39 is 6.10 Å². The molecule has 1 aromatic carbocycles. The molecule has 0 aliphatic rings. The van der Waals surface area contributed by atoms with E-state index >= 15 is 0 Å². The van der Waals surface area contributed by atoms with Crippen molar-refractivity contribution in [2.45, 2.75) is 19.4 Å². The molecule has 0 radical (unpaired) electrons. The third-order valence-corrected chi connectivity index (χ3v) is 3.10. The quantitative estimate of drug-likeness (QED) is 0.903. The van der Waals surface area contributed by atoms with Crippen molar-refractivity contribution in [3.05, 3.63) is 64.4 Å². The second kappa shape index (κ2) is 5.30. The molecule has 0 bridgehead atoms. The molecule has 17 heavy (non-hydrogen) atoms. The molecule has 0 spiro atoms. The number of aliphatic hydroxyl groups excluding tert-OH is 1. The Labute approximate surface area is 106 Å². The summed E-state index contributed by atoms with van der Waals surface area (Å²) in [7, 11) is 0. The van der Waals surface area contributed by atoms with E-state index in [9.17, 15) is 5.11 Å². The van der Waals surface area contributed by atoms with Crippen LogP contribution in [0.5, 0.6) is 0 Å². The van der Waals surface area contributed by atoms with E-state index in [0.29, 0.717) is 17.1 Å². The number of nitrogens with zero attached hydrogens (tertiary/aromatic N) is 1. The average Bonchev–Trinajstić information content (AvgIpc) is 2.32. The summed E-state index contributed by atoms with van der Waals surface area (Å²) in [5.41, 5.74) is 2.82. The predicted octanol–water partition coefficient (Wildman–Crippen LogP) is 3.32. The van der Waals surface area contributed by atoms with Gasteiger partial charge in [-0.15, -0.1) is 0 Å². The Morgan fingerprint density at radius 1 is 1.24 bits per heavy atom. The zero-order valence-electron chi connectivity index (χ0n) is 9.60. The lowest BCUT2D eigenvalue weighted by Gasteiger charge is -2.13. The second-order valence-electron chi connectivity index (χ2n) is 4.02. The summed E-state index contributed by atoms with van der Waals surface area (Å²) in [6, 6.07) is 11.5. The van der Waals surface area contributed by atoms with Crippen LogP contribution in [0.25, 0.3) is 0 Å². The van der Waals surface area contributed by atoms with Crippen LogP contribution in [0.3, 0.4) is 0 Å². The van der Waals surface area contributed by atoms with E-state index in [1.807, 2.05) is 31.2 Å². The SMILES string of the molecule is Cc1ccccc1CC(O)c1ncccc1Cl. The highest BCUT2D eigenvalue weighted by Crippen LogP contribution is 2.24. The number of aromatic nitrogens is 1.